The smallest absolute Gasteiger partial charge is 0.237 e. The lowest BCUT2D eigenvalue weighted by molar-refractivity contribution is -0.123. The van der Waals surface area contributed by atoms with E-state index in [2.05, 4.69) is 15.9 Å². The molecule has 1 heterocycles. The van der Waals surface area contributed by atoms with Crippen LogP contribution in [0.2, 0.25) is 0 Å². The molecule has 1 aromatic carbocycles. The highest BCUT2D eigenvalue weighted by atomic mass is 79.9. The summed E-state index contributed by atoms with van der Waals surface area (Å²) in [5.41, 5.74) is 2.80. The summed E-state index contributed by atoms with van der Waals surface area (Å²) in [7, 11) is 0. The number of aryl methyl sites for hydroxylation is 2. The van der Waals surface area contributed by atoms with Gasteiger partial charge in [-0.15, -0.1) is 0 Å². The van der Waals surface area contributed by atoms with Crippen molar-refractivity contribution in [1.82, 2.24) is 0 Å². The topological polar surface area (TPSA) is 37.4 Å². The van der Waals surface area contributed by atoms with Crippen LogP contribution in [0.1, 0.15) is 17.5 Å². The molecule has 0 N–H and O–H groups in total. The molecule has 0 radical (unpaired) electrons. The third-order valence-corrected chi connectivity index (χ3v) is 4.80. The molecule has 3 nitrogen and oxygen atoms in total. The van der Waals surface area contributed by atoms with E-state index in [1.54, 1.807) is 0 Å². The predicted molar refractivity (Wildman–Crippen MR) is 67.7 cm³/mol. The molecular weight excluding hydrogens is 282 g/mol. The van der Waals surface area contributed by atoms with Crippen molar-refractivity contribution in [2.24, 2.45) is 11.8 Å². The Labute approximate surface area is 108 Å². The van der Waals surface area contributed by atoms with Crippen LogP contribution in [0.25, 0.3) is 0 Å². The Morgan fingerprint density at radius 2 is 1.59 bits per heavy atom. The Morgan fingerprint density at radius 3 is 2.06 bits per heavy atom. The highest BCUT2D eigenvalue weighted by molar-refractivity contribution is 9.10. The summed E-state index contributed by atoms with van der Waals surface area (Å²) in [6.45, 7) is 3.93. The van der Waals surface area contributed by atoms with Crippen LogP contribution < -0.4 is 4.90 Å². The van der Waals surface area contributed by atoms with Gasteiger partial charge < -0.3 is 0 Å². The van der Waals surface area contributed by atoms with Gasteiger partial charge in [-0.05, 0) is 43.5 Å². The highest BCUT2D eigenvalue weighted by Gasteiger charge is 2.59. The van der Waals surface area contributed by atoms with E-state index in [0.29, 0.717) is 5.69 Å². The zero-order valence-electron chi connectivity index (χ0n) is 9.66. The first-order valence-electron chi connectivity index (χ1n) is 5.65. The first-order valence-corrected chi connectivity index (χ1v) is 6.44. The number of imide groups is 1. The van der Waals surface area contributed by atoms with E-state index in [9.17, 15) is 9.59 Å². The van der Waals surface area contributed by atoms with Gasteiger partial charge in [0.25, 0.3) is 0 Å². The van der Waals surface area contributed by atoms with Crippen molar-refractivity contribution in [2.45, 2.75) is 20.3 Å². The van der Waals surface area contributed by atoms with Gasteiger partial charge in [-0.25, -0.2) is 0 Å². The van der Waals surface area contributed by atoms with Gasteiger partial charge in [0.05, 0.1) is 17.5 Å². The number of hydrogen-bond donors (Lipinski definition) is 0. The Morgan fingerprint density at radius 1 is 1.12 bits per heavy atom. The van der Waals surface area contributed by atoms with Crippen LogP contribution in [0, 0.1) is 25.7 Å². The number of amides is 2. The average Bonchev–Trinajstić information content (AvgIpc) is 3.01. The molecule has 1 aliphatic heterocycles. The maximum atomic E-state index is 12.0. The second-order valence-electron chi connectivity index (χ2n) is 4.85. The van der Waals surface area contributed by atoms with Crippen LogP contribution >= 0.6 is 15.9 Å². The molecule has 1 saturated carbocycles. The fourth-order valence-corrected chi connectivity index (χ4v) is 2.72. The zero-order valence-corrected chi connectivity index (χ0v) is 11.2. The van der Waals surface area contributed by atoms with E-state index in [4.69, 9.17) is 0 Å². The minimum Gasteiger partial charge on any atom is -0.274 e. The second kappa shape index (κ2) is 3.42. The number of fused-ring (bicyclic) bond motifs is 1. The molecule has 2 atom stereocenters. The Bertz CT molecular complexity index is 509. The molecule has 2 unspecified atom stereocenters. The van der Waals surface area contributed by atoms with Gasteiger partial charge in [0.15, 0.2) is 0 Å². The minimum atomic E-state index is -0.0354. The normalized spacial score (nSPS) is 26.4. The molecule has 1 aliphatic carbocycles. The van der Waals surface area contributed by atoms with Crippen LogP contribution in [0.5, 0.6) is 0 Å². The standard InChI is InChI=1S/C13H12BrNO2/c1-6-3-8(4-7(2)11(6)14)15-12(16)9-5-10(9)13(15)17/h3-4,9-10H,5H2,1-2H3. The van der Waals surface area contributed by atoms with Crippen molar-refractivity contribution in [3.63, 3.8) is 0 Å². The van der Waals surface area contributed by atoms with Crippen LogP contribution in [0.3, 0.4) is 0 Å². The number of benzene rings is 1. The molecule has 2 amide bonds. The van der Waals surface area contributed by atoms with Crippen molar-refractivity contribution in [3.05, 3.63) is 27.7 Å². The van der Waals surface area contributed by atoms with E-state index in [1.165, 1.54) is 4.90 Å². The first-order chi connectivity index (χ1) is 8.00. The van der Waals surface area contributed by atoms with Crippen molar-refractivity contribution < 1.29 is 9.59 Å². The average molecular weight is 294 g/mol. The summed E-state index contributed by atoms with van der Waals surface area (Å²) < 4.78 is 1.03. The Hall–Kier alpha value is -1.16. The zero-order chi connectivity index (χ0) is 12.3. The number of nitrogens with zero attached hydrogens (tertiary/aromatic N) is 1. The third kappa shape index (κ3) is 1.47. The number of carbonyl (C=O) groups excluding carboxylic acids is 2. The molecule has 2 aliphatic rings. The number of carbonyl (C=O) groups is 2. The quantitative estimate of drug-likeness (QED) is 0.747. The lowest BCUT2D eigenvalue weighted by Crippen LogP contribution is -2.32. The van der Waals surface area contributed by atoms with Crippen LogP contribution in [-0.2, 0) is 9.59 Å². The predicted octanol–water partition coefficient (Wildman–Crippen LogP) is 2.58. The van der Waals surface area contributed by atoms with Crippen molar-refractivity contribution in [1.29, 1.82) is 0 Å². The van der Waals surface area contributed by atoms with E-state index in [-0.39, 0.29) is 23.7 Å². The van der Waals surface area contributed by atoms with Crippen LogP contribution in [0.4, 0.5) is 5.69 Å². The van der Waals surface area contributed by atoms with Crippen LogP contribution in [-0.4, -0.2) is 11.8 Å². The number of rotatable bonds is 1. The van der Waals surface area contributed by atoms with E-state index in [0.717, 1.165) is 22.0 Å². The van der Waals surface area contributed by atoms with Crippen molar-refractivity contribution in [3.8, 4) is 0 Å². The number of hydrogen-bond acceptors (Lipinski definition) is 2. The fourth-order valence-electron chi connectivity index (χ4n) is 2.49. The molecule has 2 fully saturated rings. The summed E-state index contributed by atoms with van der Waals surface area (Å²) >= 11 is 3.48. The molecule has 3 rings (SSSR count). The van der Waals surface area contributed by atoms with Gasteiger partial charge in [-0.3, -0.25) is 14.5 Å². The summed E-state index contributed by atoms with van der Waals surface area (Å²) in [4.78, 5) is 25.3. The number of anilines is 1. The van der Waals surface area contributed by atoms with Gasteiger partial charge in [0, 0.05) is 4.47 Å². The molecule has 88 valence electrons. The van der Waals surface area contributed by atoms with Gasteiger partial charge in [0.1, 0.15) is 0 Å². The molecule has 1 saturated heterocycles. The van der Waals surface area contributed by atoms with Gasteiger partial charge in [0.2, 0.25) is 11.8 Å². The number of piperidine rings is 1. The molecular formula is C13H12BrNO2. The van der Waals surface area contributed by atoms with Gasteiger partial charge >= 0.3 is 0 Å². The highest BCUT2D eigenvalue weighted by Crippen LogP contribution is 2.48. The molecule has 0 bridgehead atoms. The lowest BCUT2D eigenvalue weighted by atomic mass is 10.1. The summed E-state index contributed by atoms with van der Waals surface area (Å²) in [6, 6.07) is 3.77. The maximum absolute atomic E-state index is 12.0. The summed E-state index contributed by atoms with van der Waals surface area (Å²) in [5, 5.41) is 0. The largest absolute Gasteiger partial charge is 0.274 e. The van der Waals surface area contributed by atoms with Crippen LogP contribution in [0.15, 0.2) is 16.6 Å². The van der Waals surface area contributed by atoms with Gasteiger partial charge in [-0.2, -0.15) is 0 Å². The summed E-state index contributed by atoms with van der Waals surface area (Å²) in [5.74, 6) is -0.124. The molecule has 1 aromatic rings. The fraction of sp³-hybridized carbons (Fsp3) is 0.385. The van der Waals surface area contributed by atoms with Crippen molar-refractivity contribution >= 4 is 33.4 Å². The Kier molecular flexibility index (Phi) is 2.20. The lowest BCUT2D eigenvalue weighted by Gasteiger charge is -2.18. The Balaban J connectivity index is 2.05. The minimum absolute atomic E-state index is 0.0267. The van der Waals surface area contributed by atoms with E-state index < -0.39 is 0 Å². The number of halogens is 1. The SMILES string of the molecule is Cc1cc(N2C(=O)C3CC3C2=O)cc(C)c1Br. The first kappa shape index (κ1) is 11.0. The molecule has 17 heavy (non-hydrogen) atoms. The molecule has 0 spiro atoms. The van der Waals surface area contributed by atoms with E-state index >= 15 is 0 Å². The second-order valence-corrected chi connectivity index (χ2v) is 5.65. The maximum Gasteiger partial charge on any atom is 0.237 e. The molecule has 0 aromatic heterocycles. The monoisotopic (exact) mass is 293 g/mol. The van der Waals surface area contributed by atoms with Crippen molar-refractivity contribution in [2.75, 3.05) is 4.90 Å². The third-order valence-electron chi connectivity index (χ3n) is 3.55. The summed E-state index contributed by atoms with van der Waals surface area (Å²) in [6.07, 6.45) is 0.753. The molecule has 4 heteroatoms. The van der Waals surface area contributed by atoms with E-state index in [1.807, 2.05) is 26.0 Å². The van der Waals surface area contributed by atoms with Gasteiger partial charge in [-0.1, -0.05) is 15.9 Å².